The molecule has 1 N–H and O–H groups in total. The van der Waals surface area contributed by atoms with Crippen LogP contribution in [0.5, 0.6) is 0 Å². The molecule has 0 fully saturated rings. The molecular formula is C14H14N2S3. The Morgan fingerprint density at radius 1 is 1.32 bits per heavy atom. The molecule has 0 atom stereocenters. The molecule has 2 aromatic rings. The van der Waals surface area contributed by atoms with E-state index in [-0.39, 0.29) is 0 Å². The number of hydrogen-bond acceptors (Lipinski definition) is 4. The minimum absolute atomic E-state index is 0.693. The second kappa shape index (κ2) is 7.43. The molecule has 1 aromatic heterocycles. The van der Waals surface area contributed by atoms with Crippen molar-refractivity contribution in [1.29, 1.82) is 0 Å². The van der Waals surface area contributed by atoms with Crippen LogP contribution in [0.3, 0.4) is 0 Å². The van der Waals surface area contributed by atoms with Crippen molar-refractivity contribution in [2.75, 3.05) is 0 Å². The highest BCUT2D eigenvalue weighted by Gasteiger charge is 2.00. The maximum absolute atomic E-state index is 5.25. The van der Waals surface area contributed by atoms with Gasteiger partial charge >= 0.3 is 0 Å². The maximum atomic E-state index is 5.25. The summed E-state index contributed by atoms with van der Waals surface area (Å²) in [5.74, 6) is 0.861. The van der Waals surface area contributed by atoms with Crippen molar-refractivity contribution in [3.05, 3.63) is 58.3 Å². The summed E-state index contributed by atoms with van der Waals surface area (Å²) in [4.78, 5) is 0. The number of thioether (sulfide) groups is 1. The number of hydrogen-bond donors (Lipinski definition) is 1. The Morgan fingerprint density at radius 3 is 2.79 bits per heavy atom. The number of hydrazone groups is 1. The summed E-state index contributed by atoms with van der Waals surface area (Å²) in [7, 11) is 0. The highest BCUT2D eigenvalue weighted by atomic mass is 32.2. The summed E-state index contributed by atoms with van der Waals surface area (Å²) in [6.07, 6.45) is 0. The van der Waals surface area contributed by atoms with Gasteiger partial charge in [-0.15, -0.1) is 0 Å². The second-order valence-corrected chi connectivity index (χ2v) is 6.32. The first-order valence-corrected chi connectivity index (χ1v) is 8.13. The van der Waals surface area contributed by atoms with Gasteiger partial charge < -0.3 is 0 Å². The number of thiocarbonyl (C=S) groups is 1. The highest BCUT2D eigenvalue weighted by molar-refractivity contribution is 8.22. The fourth-order valence-corrected chi connectivity index (χ4v) is 2.94. The summed E-state index contributed by atoms with van der Waals surface area (Å²) < 4.78 is 0.693. The van der Waals surface area contributed by atoms with Crippen LogP contribution in [0.15, 0.2) is 52.3 Å². The second-order valence-electron chi connectivity index (χ2n) is 3.88. The van der Waals surface area contributed by atoms with E-state index in [1.807, 2.05) is 36.6 Å². The van der Waals surface area contributed by atoms with Gasteiger partial charge in [0, 0.05) is 11.3 Å². The van der Waals surface area contributed by atoms with Crippen LogP contribution in [0.2, 0.25) is 0 Å². The largest absolute Gasteiger partial charge is 0.262 e. The fourth-order valence-electron chi connectivity index (χ4n) is 1.42. The third kappa shape index (κ3) is 4.78. The molecule has 19 heavy (non-hydrogen) atoms. The van der Waals surface area contributed by atoms with E-state index >= 15 is 0 Å². The quantitative estimate of drug-likeness (QED) is 0.518. The lowest BCUT2D eigenvalue weighted by atomic mass is 10.2. The van der Waals surface area contributed by atoms with Gasteiger partial charge in [0.05, 0.1) is 5.71 Å². The molecule has 2 nitrogen and oxygen atoms in total. The van der Waals surface area contributed by atoms with E-state index < -0.39 is 0 Å². The van der Waals surface area contributed by atoms with Gasteiger partial charge in [-0.25, -0.2) is 0 Å². The average Bonchev–Trinajstić information content (AvgIpc) is 2.98. The molecule has 0 unspecified atom stereocenters. The SMILES string of the molecule is C/C(=N\NC(=S)SCc1ccccc1)c1ccsc1. The number of nitrogens with one attached hydrogen (secondary N) is 1. The highest BCUT2D eigenvalue weighted by Crippen LogP contribution is 2.13. The maximum Gasteiger partial charge on any atom is 0.154 e. The van der Waals surface area contributed by atoms with Crippen LogP contribution in [0.25, 0.3) is 0 Å². The van der Waals surface area contributed by atoms with Crippen molar-refractivity contribution in [3.63, 3.8) is 0 Å². The molecule has 98 valence electrons. The summed E-state index contributed by atoms with van der Waals surface area (Å²) in [5.41, 5.74) is 6.27. The first kappa shape index (κ1) is 14.2. The first-order valence-electron chi connectivity index (χ1n) is 5.79. The zero-order valence-electron chi connectivity index (χ0n) is 10.5. The smallest absolute Gasteiger partial charge is 0.154 e. The Balaban J connectivity index is 1.80. The average molecular weight is 306 g/mol. The van der Waals surface area contributed by atoms with Crippen LogP contribution in [-0.4, -0.2) is 10.0 Å². The Kier molecular flexibility index (Phi) is 5.57. The van der Waals surface area contributed by atoms with Crippen LogP contribution in [-0.2, 0) is 5.75 Å². The number of nitrogens with zero attached hydrogens (tertiary/aromatic N) is 1. The lowest BCUT2D eigenvalue weighted by molar-refractivity contribution is 1.06. The monoisotopic (exact) mass is 306 g/mol. The van der Waals surface area contributed by atoms with Gasteiger partial charge in [0.1, 0.15) is 0 Å². The number of benzene rings is 1. The van der Waals surface area contributed by atoms with E-state index in [1.165, 1.54) is 5.56 Å². The van der Waals surface area contributed by atoms with E-state index in [2.05, 4.69) is 28.0 Å². The van der Waals surface area contributed by atoms with Gasteiger partial charge in [-0.3, -0.25) is 5.43 Å². The lowest BCUT2D eigenvalue weighted by Gasteiger charge is -2.04. The molecule has 0 saturated carbocycles. The Bertz CT molecular complexity index is 547. The zero-order valence-corrected chi connectivity index (χ0v) is 12.9. The van der Waals surface area contributed by atoms with E-state index in [1.54, 1.807) is 23.1 Å². The van der Waals surface area contributed by atoms with Crippen molar-refractivity contribution in [1.82, 2.24) is 5.43 Å². The van der Waals surface area contributed by atoms with Crippen molar-refractivity contribution in [3.8, 4) is 0 Å². The first-order chi connectivity index (χ1) is 9.25. The summed E-state index contributed by atoms with van der Waals surface area (Å²) in [6, 6.07) is 12.3. The zero-order chi connectivity index (χ0) is 13.5. The van der Waals surface area contributed by atoms with E-state index in [9.17, 15) is 0 Å². The number of rotatable bonds is 4. The molecule has 0 aliphatic carbocycles. The third-order valence-electron chi connectivity index (χ3n) is 2.47. The topological polar surface area (TPSA) is 24.4 Å². The van der Waals surface area contributed by atoms with Crippen LogP contribution in [0.4, 0.5) is 0 Å². The molecule has 1 heterocycles. The molecule has 0 spiro atoms. The van der Waals surface area contributed by atoms with Crippen molar-refractivity contribution >= 4 is 45.3 Å². The Hall–Kier alpha value is -1.17. The molecule has 5 heteroatoms. The summed E-state index contributed by atoms with van der Waals surface area (Å²) >= 11 is 8.50. The predicted molar refractivity (Wildman–Crippen MR) is 90.0 cm³/mol. The lowest BCUT2D eigenvalue weighted by Crippen LogP contribution is -2.13. The van der Waals surface area contributed by atoms with Gasteiger partial charge in [0.15, 0.2) is 4.32 Å². The normalized spacial score (nSPS) is 11.3. The van der Waals surface area contributed by atoms with Gasteiger partial charge in [-0.1, -0.05) is 54.3 Å². The molecule has 0 amide bonds. The molecule has 0 saturated heterocycles. The molecular weight excluding hydrogens is 292 g/mol. The van der Waals surface area contributed by atoms with E-state index in [0.717, 1.165) is 17.0 Å². The minimum Gasteiger partial charge on any atom is -0.262 e. The fraction of sp³-hybridized carbons (Fsp3) is 0.143. The van der Waals surface area contributed by atoms with Gasteiger partial charge in [-0.05, 0) is 29.3 Å². The van der Waals surface area contributed by atoms with Crippen molar-refractivity contribution < 1.29 is 0 Å². The van der Waals surface area contributed by atoms with Crippen molar-refractivity contribution in [2.24, 2.45) is 5.10 Å². The van der Waals surface area contributed by atoms with Gasteiger partial charge in [0.2, 0.25) is 0 Å². The van der Waals surface area contributed by atoms with Crippen LogP contribution < -0.4 is 5.43 Å². The Labute approximate surface area is 126 Å². The predicted octanol–water partition coefficient (Wildman–Crippen LogP) is 4.28. The van der Waals surface area contributed by atoms with Crippen LogP contribution in [0.1, 0.15) is 18.1 Å². The van der Waals surface area contributed by atoms with Crippen molar-refractivity contribution in [2.45, 2.75) is 12.7 Å². The Morgan fingerprint density at radius 2 is 2.11 bits per heavy atom. The van der Waals surface area contributed by atoms with E-state index in [0.29, 0.717) is 4.32 Å². The molecule has 0 radical (unpaired) electrons. The van der Waals surface area contributed by atoms with Crippen LogP contribution >= 0.6 is 35.3 Å². The van der Waals surface area contributed by atoms with Gasteiger partial charge in [-0.2, -0.15) is 16.4 Å². The summed E-state index contributed by atoms with van der Waals surface area (Å²) in [5, 5.41) is 8.40. The molecule has 2 rings (SSSR count). The third-order valence-corrected chi connectivity index (χ3v) is 4.43. The minimum atomic E-state index is 0.693. The van der Waals surface area contributed by atoms with Crippen LogP contribution in [0, 0.1) is 0 Å². The molecule has 1 aromatic carbocycles. The molecule has 0 aliphatic heterocycles. The summed E-state index contributed by atoms with van der Waals surface area (Å²) in [6.45, 7) is 1.97. The molecule has 0 aliphatic rings. The van der Waals surface area contributed by atoms with Gasteiger partial charge in [0.25, 0.3) is 0 Å². The number of thiophene rings is 1. The standard InChI is InChI=1S/C14H14N2S3/c1-11(13-7-8-18-10-13)15-16-14(17)19-9-12-5-3-2-4-6-12/h2-8,10H,9H2,1H3,(H,16,17)/b15-11+. The van der Waals surface area contributed by atoms with E-state index in [4.69, 9.17) is 12.2 Å². The molecule has 0 bridgehead atoms.